The first kappa shape index (κ1) is 14.7. The Labute approximate surface area is 129 Å². The van der Waals surface area contributed by atoms with Gasteiger partial charge in [-0.05, 0) is 44.9 Å². The van der Waals surface area contributed by atoms with Gasteiger partial charge in [0.25, 0.3) is 5.91 Å². The highest BCUT2D eigenvalue weighted by Crippen LogP contribution is 2.43. The van der Waals surface area contributed by atoms with Crippen LogP contribution in [0.3, 0.4) is 0 Å². The lowest BCUT2D eigenvalue weighted by Crippen LogP contribution is -2.44. The molecule has 1 aliphatic carbocycles. The number of thioether (sulfide) groups is 1. The highest BCUT2D eigenvalue weighted by atomic mass is 32.2. The van der Waals surface area contributed by atoms with E-state index in [9.17, 15) is 9.59 Å². The molecule has 1 aromatic rings. The fourth-order valence-electron chi connectivity index (χ4n) is 3.57. The van der Waals surface area contributed by atoms with E-state index in [-0.39, 0.29) is 11.3 Å². The molecule has 1 saturated carbocycles. The first-order valence-electron chi connectivity index (χ1n) is 7.53. The fraction of sp³-hybridized carbons (Fsp3) is 0.625. The molecule has 5 heteroatoms. The normalized spacial score (nSPS) is 21.2. The molecule has 1 saturated heterocycles. The van der Waals surface area contributed by atoms with Crippen molar-refractivity contribution in [1.29, 1.82) is 0 Å². The van der Waals surface area contributed by atoms with Crippen molar-refractivity contribution in [2.75, 3.05) is 19.3 Å². The van der Waals surface area contributed by atoms with Gasteiger partial charge in [-0.3, -0.25) is 9.59 Å². The molecule has 0 unspecified atom stereocenters. The van der Waals surface area contributed by atoms with Crippen LogP contribution in [0, 0.1) is 12.3 Å². The van der Waals surface area contributed by atoms with E-state index in [1.165, 1.54) is 11.8 Å². The number of aryl methyl sites for hydroxylation is 1. The molecule has 114 valence electrons. The lowest BCUT2D eigenvalue weighted by atomic mass is 9.76. The molecular formula is C16H21NO3S. The number of rotatable bonds is 2. The summed E-state index contributed by atoms with van der Waals surface area (Å²) in [6.07, 6.45) is 6.30. The third kappa shape index (κ3) is 2.52. The summed E-state index contributed by atoms with van der Waals surface area (Å²) in [5, 5.41) is 0.773. The number of hydrogen-bond donors (Lipinski definition) is 0. The summed E-state index contributed by atoms with van der Waals surface area (Å²) in [7, 11) is 0. The van der Waals surface area contributed by atoms with Gasteiger partial charge in [0.1, 0.15) is 5.78 Å². The number of hydrogen-bond acceptors (Lipinski definition) is 4. The predicted molar refractivity (Wildman–Crippen MR) is 81.7 cm³/mol. The largest absolute Gasteiger partial charge is 0.444 e. The first-order valence-corrected chi connectivity index (χ1v) is 8.75. The van der Waals surface area contributed by atoms with Crippen LogP contribution in [-0.2, 0) is 4.79 Å². The van der Waals surface area contributed by atoms with Gasteiger partial charge >= 0.3 is 0 Å². The third-order valence-corrected chi connectivity index (χ3v) is 5.55. The molecule has 0 radical (unpaired) electrons. The summed E-state index contributed by atoms with van der Waals surface area (Å²) in [5.74, 6) is 0.828. The molecule has 1 aromatic heterocycles. The van der Waals surface area contributed by atoms with Gasteiger partial charge in [-0.1, -0.05) is 11.8 Å². The molecule has 21 heavy (non-hydrogen) atoms. The van der Waals surface area contributed by atoms with E-state index in [1.54, 1.807) is 0 Å². The van der Waals surface area contributed by atoms with Crippen molar-refractivity contribution in [2.24, 2.45) is 5.41 Å². The van der Waals surface area contributed by atoms with E-state index >= 15 is 0 Å². The molecule has 3 rings (SSSR count). The number of likely N-dealkylation sites (tertiary alicyclic amines) is 1. The molecule has 1 spiro atoms. The number of ketones is 1. The van der Waals surface area contributed by atoms with Gasteiger partial charge in [0, 0.05) is 30.5 Å². The number of carbonyl (C=O) groups is 2. The number of Topliss-reactive ketones (excluding diaryl/α,β-unsaturated/α-hetero) is 1. The maximum absolute atomic E-state index is 12.6. The monoisotopic (exact) mass is 307 g/mol. The molecular weight excluding hydrogens is 286 g/mol. The Balaban J connectivity index is 1.70. The van der Waals surface area contributed by atoms with Gasteiger partial charge in [-0.2, -0.15) is 0 Å². The van der Waals surface area contributed by atoms with E-state index in [1.807, 2.05) is 24.1 Å². The van der Waals surface area contributed by atoms with Gasteiger partial charge in [-0.15, -0.1) is 0 Å². The van der Waals surface area contributed by atoms with Crippen LogP contribution in [-0.4, -0.2) is 35.9 Å². The minimum absolute atomic E-state index is 0.0342. The van der Waals surface area contributed by atoms with Crippen LogP contribution in [0.2, 0.25) is 0 Å². The van der Waals surface area contributed by atoms with E-state index in [0.717, 1.165) is 42.8 Å². The van der Waals surface area contributed by atoms with Gasteiger partial charge in [-0.25, -0.2) is 0 Å². The molecule has 1 aliphatic heterocycles. The SMILES string of the molecule is CSc1cc(C)c(C(=O)N2CCC3(CCCC3=O)CC2)o1. The molecule has 1 amide bonds. The minimum Gasteiger partial charge on any atom is -0.444 e. The Morgan fingerprint density at radius 2 is 2.05 bits per heavy atom. The number of nitrogens with zero attached hydrogens (tertiary/aromatic N) is 1. The highest BCUT2D eigenvalue weighted by Gasteiger charge is 2.44. The molecule has 0 N–H and O–H groups in total. The molecule has 4 nitrogen and oxygen atoms in total. The Hall–Kier alpha value is -1.23. The average molecular weight is 307 g/mol. The zero-order valence-electron chi connectivity index (χ0n) is 12.6. The van der Waals surface area contributed by atoms with Crippen LogP contribution < -0.4 is 0 Å². The second-order valence-corrected chi connectivity index (χ2v) is 6.94. The third-order valence-electron chi connectivity index (χ3n) is 4.95. The summed E-state index contributed by atoms with van der Waals surface area (Å²) in [6.45, 7) is 3.24. The topological polar surface area (TPSA) is 50.5 Å². The molecule has 2 aliphatic rings. The summed E-state index contributed by atoms with van der Waals surface area (Å²) >= 11 is 1.50. The Morgan fingerprint density at radius 3 is 2.57 bits per heavy atom. The van der Waals surface area contributed by atoms with Crippen molar-refractivity contribution in [2.45, 2.75) is 44.1 Å². The van der Waals surface area contributed by atoms with Crippen molar-refractivity contribution in [3.63, 3.8) is 0 Å². The van der Waals surface area contributed by atoms with Crippen LogP contribution in [0.1, 0.15) is 48.2 Å². The van der Waals surface area contributed by atoms with Crippen LogP contribution >= 0.6 is 11.8 Å². The first-order chi connectivity index (χ1) is 10.1. The zero-order valence-corrected chi connectivity index (χ0v) is 13.4. The van der Waals surface area contributed by atoms with E-state index in [4.69, 9.17) is 4.42 Å². The number of amides is 1. The molecule has 0 atom stereocenters. The van der Waals surface area contributed by atoms with Gasteiger partial charge in [0.05, 0.1) is 0 Å². The van der Waals surface area contributed by atoms with Gasteiger partial charge in [0.2, 0.25) is 0 Å². The van der Waals surface area contributed by atoms with E-state index in [2.05, 4.69) is 0 Å². The lowest BCUT2D eigenvalue weighted by molar-refractivity contribution is -0.127. The van der Waals surface area contributed by atoms with Crippen LogP contribution in [0.5, 0.6) is 0 Å². The van der Waals surface area contributed by atoms with Crippen LogP contribution in [0.4, 0.5) is 0 Å². The van der Waals surface area contributed by atoms with Crippen molar-refractivity contribution in [3.8, 4) is 0 Å². The van der Waals surface area contributed by atoms with Crippen molar-refractivity contribution < 1.29 is 14.0 Å². The maximum Gasteiger partial charge on any atom is 0.289 e. The van der Waals surface area contributed by atoms with E-state index in [0.29, 0.717) is 24.6 Å². The van der Waals surface area contributed by atoms with Gasteiger partial charge in [0.15, 0.2) is 10.9 Å². The van der Waals surface area contributed by atoms with Crippen molar-refractivity contribution in [1.82, 2.24) is 4.90 Å². The molecule has 2 fully saturated rings. The number of furan rings is 1. The molecule has 0 bridgehead atoms. The summed E-state index contributed by atoms with van der Waals surface area (Å²) in [4.78, 5) is 26.5. The maximum atomic E-state index is 12.6. The zero-order chi connectivity index (χ0) is 15.0. The quantitative estimate of drug-likeness (QED) is 0.787. The Kier molecular flexibility index (Phi) is 3.86. The van der Waals surface area contributed by atoms with Gasteiger partial charge < -0.3 is 9.32 Å². The van der Waals surface area contributed by atoms with Crippen molar-refractivity contribution >= 4 is 23.5 Å². The molecule has 2 heterocycles. The Morgan fingerprint density at radius 1 is 1.33 bits per heavy atom. The minimum atomic E-state index is -0.126. The van der Waals surface area contributed by atoms with Crippen molar-refractivity contribution in [3.05, 3.63) is 17.4 Å². The second-order valence-electron chi connectivity index (χ2n) is 6.13. The fourth-order valence-corrected chi connectivity index (χ4v) is 4.03. The lowest BCUT2D eigenvalue weighted by Gasteiger charge is -2.37. The second kappa shape index (κ2) is 5.52. The number of piperidine rings is 1. The standard InChI is InChI=1S/C16H21NO3S/c1-11-10-13(21-2)20-14(11)15(19)17-8-6-16(7-9-17)5-3-4-12(16)18/h10H,3-9H2,1-2H3. The van der Waals surface area contributed by atoms with E-state index < -0.39 is 0 Å². The average Bonchev–Trinajstić information content (AvgIpc) is 3.03. The molecule has 0 aromatic carbocycles. The highest BCUT2D eigenvalue weighted by molar-refractivity contribution is 7.98. The Bertz CT molecular complexity index is 570. The number of carbonyl (C=O) groups excluding carboxylic acids is 2. The smallest absolute Gasteiger partial charge is 0.289 e. The summed E-state index contributed by atoms with van der Waals surface area (Å²) < 4.78 is 5.62. The predicted octanol–water partition coefficient (Wildman–Crippen LogP) is 3.29. The van der Waals surface area contributed by atoms with Crippen LogP contribution in [0.15, 0.2) is 15.6 Å². The summed E-state index contributed by atoms with van der Waals surface area (Å²) in [6, 6.07) is 1.91. The summed E-state index contributed by atoms with van der Waals surface area (Å²) in [5.41, 5.74) is 0.765. The van der Waals surface area contributed by atoms with Crippen LogP contribution in [0.25, 0.3) is 0 Å².